The summed E-state index contributed by atoms with van der Waals surface area (Å²) in [4.78, 5) is 20.9. The van der Waals surface area contributed by atoms with E-state index in [-0.39, 0.29) is 5.56 Å². The minimum Gasteiger partial charge on any atom is -0.293 e. The van der Waals surface area contributed by atoms with Gasteiger partial charge in [0.25, 0.3) is 5.56 Å². The average molecular weight is 292 g/mol. The normalized spacial score (nSPS) is 11.1. The molecule has 0 spiro atoms. The largest absolute Gasteiger partial charge is 0.293 e. The quantitative estimate of drug-likeness (QED) is 0.729. The van der Waals surface area contributed by atoms with Crippen molar-refractivity contribution in [3.63, 3.8) is 0 Å². The van der Waals surface area contributed by atoms with E-state index in [4.69, 9.17) is 11.6 Å². The molecular formula is C13H10ClN3OS. The van der Waals surface area contributed by atoms with Crippen LogP contribution in [0, 0.1) is 6.92 Å². The Hall–Kier alpha value is -1.72. The van der Waals surface area contributed by atoms with E-state index < -0.39 is 0 Å². The van der Waals surface area contributed by atoms with Crippen LogP contribution in [0.2, 0.25) is 5.02 Å². The molecule has 0 aliphatic carbocycles. The molecule has 0 saturated carbocycles. The Morgan fingerprint density at radius 1 is 1.42 bits per heavy atom. The van der Waals surface area contributed by atoms with Crippen molar-refractivity contribution in [2.45, 2.75) is 13.5 Å². The molecule has 0 unspecified atom stereocenters. The molecule has 0 amide bonds. The second-order valence-electron chi connectivity index (χ2n) is 4.20. The van der Waals surface area contributed by atoms with E-state index in [0.717, 1.165) is 10.7 Å². The third-order valence-corrected chi connectivity index (χ3v) is 3.84. The van der Waals surface area contributed by atoms with Crippen LogP contribution in [0.25, 0.3) is 10.9 Å². The zero-order chi connectivity index (χ0) is 13.4. The highest BCUT2D eigenvalue weighted by Gasteiger charge is 2.06. The van der Waals surface area contributed by atoms with Gasteiger partial charge in [-0.1, -0.05) is 11.6 Å². The number of aromatic nitrogens is 3. The molecule has 96 valence electrons. The summed E-state index contributed by atoms with van der Waals surface area (Å²) >= 11 is 7.49. The molecule has 3 rings (SSSR count). The van der Waals surface area contributed by atoms with Gasteiger partial charge in [0.05, 0.1) is 34.5 Å². The van der Waals surface area contributed by atoms with Gasteiger partial charge >= 0.3 is 0 Å². The van der Waals surface area contributed by atoms with Gasteiger partial charge in [0, 0.05) is 10.4 Å². The highest BCUT2D eigenvalue weighted by molar-refractivity contribution is 7.09. The Labute approximate surface area is 118 Å². The molecule has 6 heteroatoms. The molecule has 0 N–H and O–H groups in total. The van der Waals surface area contributed by atoms with Gasteiger partial charge in [0.2, 0.25) is 0 Å². The number of aryl methyl sites for hydroxylation is 1. The maximum absolute atomic E-state index is 12.3. The lowest BCUT2D eigenvalue weighted by Crippen LogP contribution is -2.21. The van der Waals surface area contributed by atoms with Crippen LogP contribution in [0.1, 0.15) is 10.7 Å². The lowest BCUT2D eigenvalue weighted by molar-refractivity contribution is 0.732. The molecule has 0 bridgehead atoms. The lowest BCUT2D eigenvalue weighted by atomic mass is 10.2. The third kappa shape index (κ3) is 2.39. The zero-order valence-corrected chi connectivity index (χ0v) is 11.7. The smallest absolute Gasteiger partial charge is 0.261 e. The Bertz CT molecular complexity index is 809. The van der Waals surface area contributed by atoms with Gasteiger partial charge in [-0.05, 0) is 25.1 Å². The van der Waals surface area contributed by atoms with Crippen molar-refractivity contribution in [3.8, 4) is 0 Å². The van der Waals surface area contributed by atoms with Gasteiger partial charge in [-0.3, -0.25) is 9.36 Å². The first-order valence-corrected chi connectivity index (χ1v) is 6.95. The van der Waals surface area contributed by atoms with Crippen molar-refractivity contribution in [1.82, 2.24) is 14.5 Å². The van der Waals surface area contributed by atoms with E-state index in [2.05, 4.69) is 9.97 Å². The SMILES string of the molecule is Cc1nc(Cn2cnc3ccc(Cl)cc3c2=O)cs1. The summed E-state index contributed by atoms with van der Waals surface area (Å²) in [5.41, 5.74) is 1.42. The van der Waals surface area contributed by atoms with Gasteiger partial charge < -0.3 is 0 Å². The number of benzene rings is 1. The fourth-order valence-corrected chi connectivity index (χ4v) is 2.68. The molecule has 4 nitrogen and oxygen atoms in total. The van der Waals surface area contributed by atoms with Gasteiger partial charge in [-0.25, -0.2) is 9.97 Å². The number of hydrogen-bond donors (Lipinski definition) is 0. The molecule has 0 saturated heterocycles. The van der Waals surface area contributed by atoms with Gasteiger partial charge in [-0.2, -0.15) is 0 Å². The second-order valence-corrected chi connectivity index (χ2v) is 5.70. The number of hydrogen-bond acceptors (Lipinski definition) is 4. The maximum Gasteiger partial charge on any atom is 0.261 e. The molecule has 19 heavy (non-hydrogen) atoms. The first kappa shape index (κ1) is 12.3. The Morgan fingerprint density at radius 3 is 3.00 bits per heavy atom. The molecule has 0 fully saturated rings. The first-order chi connectivity index (χ1) is 9.13. The van der Waals surface area contributed by atoms with E-state index >= 15 is 0 Å². The molecule has 2 aromatic heterocycles. The Kier molecular flexibility index (Phi) is 3.08. The third-order valence-electron chi connectivity index (χ3n) is 2.78. The fraction of sp³-hybridized carbons (Fsp3) is 0.154. The van der Waals surface area contributed by atoms with Crippen molar-refractivity contribution in [2.75, 3.05) is 0 Å². The van der Waals surface area contributed by atoms with Crippen LogP contribution in [0.3, 0.4) is 0 Å². The molecule has 1 aromatic carbocycles. The minimum absolute atomic E-state index is 0.0989. The summed E-state index contributed by atoms with van der Waals surface area (Å²) in [6.45, 7) is 2.37. The van der Waals surface area contributed by atoms with Crippen LogP contribution >= 0.6 is 22.9 Å². The summed E-state index contributed by atoms with van der Waals surface area (Å²) in [7, 11) is 0. The highest BCUT2D eigenvalue weighted by atomic mass is 35.5. The highest BCUT2D eigenvalue weighted by Crippen LogP contribution is 2.14. The number of halogens is 1. The van der Waals surface area contributed by atoms with E-state index in [0.29, 0.717) is 22.5 Å². The number of fused-ring (bicyclic) bond motifs is 1. The minimum atomic E-state index is -0.0989. The first-order valence-electron chi connectivity index (χ1n) is 5.69. The van der Waals surface area contributed by atoms with Crippen molar-refractivity contribution in [2.24, 2.45) is 0 Å². The summed E-state index contributed by atoms with van der Waals surface area (Å²) in [5.74, 6) is 0. The number of nitrogens with zero attached hydrogens (tertiary/aromatic N) is 3. The molecule has 0 radical (unpaired) electrons. The van der Waals surface area contributed by atoms with E-state index in [1.807, 2.05) is 12.3 Å². The molecule has 3 aromatic rings. The van der Waals surface area contributed by atoms with Crippen molar-refractivity contribution in [1.29, 1.82) is 0 Å². The van der Waals surface area contributed by atoms with E-state index in [1.54, 1.807) is 40.4 Å². The summed E-state index contributed by atoms with van der Waals surface area (Å²) < 4.78 is 1.55. The molecular weight excluding hydrogens is 282 g/mol. The molecule has 2 heterocycles. The fourth-order valence-electron chi connectivity index (χ4n) is 1.90. The van der Waals surface area contributed by atoms with Crippen LogP contribution < -0.4 is 5.56 Å². The van der Waals surface area contributed by atoms with Crippen LogP contribution in [0.4, 0.5) is 0 Å². The molecule has 0 atom stereocenters. The Morgan fingerprint density at radius 2 is 2.26 bits per heavy atom. The van der Waals surface area contributed by atoms with Gasteiger partial charge in [0.15, 0.2) is 0 Å². The van der Waals surface area contributed by atoms with Gasteiger partial charge in [-0.15, -0.1) is 11.3 Å². The van der Waals surface area contributed by atoms with Crippen molar-refractivity contribution in [3.05, 3.63) is 56.0 Å². The lowest BCUT2D eigenvalue weighted by Gasteiger charge is -2.04. The topological polar surface area (TPSA) is 47.8 Å². The van der Waals surface area contributed by atoms with Crippen LogP contribution in [-0.4, -0.2) is 14.5 Å². The van der Waals surface area contributed by atoms with Crippen LogP contribution in [0.5, 0.6) is 0 Å². The maximum atomic E-state index is 12.3. The van der Waals surface area contributed by atoms with E-state index in [9.17, 15) is 4.79 Å². The molecule has 0 aliphatic heterocycles. The standard InChI is InChI=1S/C13H10ClN3OS/c1-8-16-10(6-19-8)5-17-7-15-12-3-2-9(14)4-11(12)13(17)18/h2-4,6-7H,5H2,1H3. The number of thiazole rings is 1. The van der Waals surface area contributed by atoms with Crippen LogP contribution in [0.15, 0.2) is 34.7 Å². The molecule has 0 aliphatic rings. The summed E-state index contributed by atoms with van der Waals surface area (Å²) in [6.07, 6.45) is 1.55. The average Bonchev–Trinajstić information content (AvgIpc) is 2.79. The summed E-state index contributed by atoms with van der Waals surface area (Å²) in [5, 5.41) is 4.00. The summed E-state index contributed by atoms with van der Waals surface area (Å²) in [6, 6.07) is 5.12. The number of rotatable bonds is 2. The van der Waals surface area contributed by atoms with Crippen LogP contribution in [-0.2, 0) is 6.54 Å². The second kappa shape index (κ2) is 4.75. The van der Waals surface area contributed by atoms with Gasteiger partial charge in [0.1, 0.15) is 0 Å². The van der Waals surface area contributed by atoms with Crippen molar-refractivity contribution < 1.29 is 0 Å². The predicted octanol–water partition coefficient (Wildman–Crippen LogP) is 2.86. The Balaban J connectivity index is 2.09. The van der Waals surface area contributed by atoms with Crippen molar-refractivity contribution >= 4 is 33.8 Å². The van der Waals surface area contributed by atoms with E-state index in [1.165, 1.54) is 0 Å². The zero-order valence-electron chi connectivity index (χ0n) is 10.1. The monoisotopic (exact) mass is 291 g/mol. The predicted molar refractivity (Wildman–Crippen MR) is 77.0 cm³/mol.